The van der Waals surface area contributed by atoms with E-state index in [0.29, 0.717) is 0 Å². The highest BCUT2D eigenvalue weighted by atomic mass is 16.5. The van der Waals surface area contributed by atoms with Gasteiger partial charge in [0.1, 0.15) is 0 Å². The summed E-state index contributed by atoms with van der Waals surface area (Å²) in [5.74, 6) is 0. The van der Waals surface area contributed by atoms with Gasteiger partial charge in [0.05, 0.1) is 0 Å². The molecule has 0 aromatic rings. The van der Waals surface area contributed by atoms with Crippen LogP contribution in [-0.4, -0.2) is 39.5 Å². The van der Waals surface area contributed by atoms with Crippen molar-refractivity contribution in [3.63, 3.8) is 0 Å². The smallest absolute Gasteiger partial charge is 0.0465 e. The Morgan fingerprint density at radius 2 is 0.704 bits per heavy atom. The molecule has 1 N–H and O–H groups in total. The lowest BCUT2D eigenvalue weighted by Gasteiger charge is -2.06. The van der Waals surface area contributed by atoms with Crippen LogP contribution in [0.2, 0.25) is 0 Å². The van der Waals surface area contributed by atoms with Crippen molar-refractivity contribution in [3.8, 4) is 0 Å². The number of rotatable bonds is 24. The molecule has 0 heterocycles. The van der Waals surface area contributed by atoms with Crippen LogP contribution in [0.5, 0.6) is 0 Å². The first-order valence-corrected chi connectivity index (χ1v) is 12.3. The second-order valence-electron chi connectivity index (χ2n) is 7.80. The summed E-state index contributed by atoms with van der Waals surface area (Å²) in [6.45, 7) is 10.2. The Kier molecular flexibility index (Phi) is 25.8. The van der Waals surface area contributed by atoms with Crippen molar-refractivity contribution < 1.29 is 9.47 Å². The van der Waals surface area contributed by atoms with Crippen molar-refractivity contribution in [1.82, 2.24) is 5.32 Å². The van der Waals surface area contributed by atoms with Gasteiger partial charge in [0.2, 0.25) is 0 Å². The van der Waals surface area contributed by atoms with Gasteiger partial charge in [-0.3, -0.25) is 0 Å². The van der Waals surface area contributed by atoms with Crippen LogP contribution in [0.3, 0.4) is 0 Å². The summed E-state index contributed by atoms with van der Waals surface area (Å²) in [6, 6.07) is 0. The largest absolute Gasteiger partial charge is 0.382 e. The molecule has 3 heteroatoms. The van der Waals surface area contributed by atoms with E-state index in [4.69, 9.17) is 9.47 Å². The molecule has 0 unspecified atom stereocenters. The molecule has 0 aromatic heterocycles. The summed E-state index contributed by atoms with van der Waals surface area (Å²) in [6.07, 6.45) is 21.9. The molecule has 27 heavy (non-hydrogen) atoms. The molecule has 0 aliphatic heterocycles. The first-order valence-electron chi connectivity index (χ1n) is 12.3. The van der Waals surface area contributed by atoms with E-state index in [0.717, 1.165) is 26.4 Å². The standard InChI is InChI=1S/C24H51NO2/c1-3-26-23-19-15-11-8-6-5-7-9-13-17-21-25-22-18-14-10-12-16-20-24-27-4-2/h25H,3-24H2,1-2H3. The van der Waals surface area contributed by atoms with Crippen LogP contribution in [0.25, 0.3) is 0 Å². The van der Waals surface area contributed by atoms with E-state index in [1.54, 1.807) is 0 Å². The van der Waals surface area contributed by atoms with Crippen LogP contribution in [0.1, 0.15) is 117 Å². The topological polar surface area (TPSA) is 30.5 Å². The van der Waals surface area contributed by atoms with Gasteiger partial charge in [-0.2, -0.15) is 0 Å². The Morgan fingerprint density at radius 3 is 1.04 bits per heavy atom. The van der Waals surface area contributed by atoms with E-state index in [9.17, 15) is 0 Å². The number of hydrogen-bond acceptors (Lipinski definition) is 3. The highest BCUT2D eigenvalue weighted by molar-refractivity contribution is 4.52. The van der Waals surface area contributed by atoms with Crippen LogP contribution in [0.4, 0.5) is 0 Å². The predicted octanol–water partition coefficient (Wildman–Crippen LogP) is 6.89. The predicted molar refractivity (Wildman–Crippen MR) is 120 cm³/mol. The molecule has 0 radical (unpaired) electrons. The first kappa shape index (κ1) is 26.9. The van der Waals surface area contributed by atoms with Gasteiger partial charge in [-0.15, -0.1) is 0 Å². The molecule has 0 amide bonds. The molecule has 0 atom stereocenters. The minimum absolute atomic E-state index is 0.863. The van der Waals surface area contributed by atoms with Gasteiger partial charge in [0, 0.05) is 26.4 Å². The maximum atomic E-state index is 5.37. The molecule has 0 saturated heterocycles. The van der Waals surface area contributed by atoms with Gasteiger partial charge in [0.15, 0.2) is 0 Å². The zero-order valence-electron chi connectivity index (χ0n) is 18.9. The molecule has 0 aliphatic rings. The third kappa shape index (κ3) is 25.9. The Morgan fingerprint density at radius 1 is 0.407 bits per heavy atom. The fraction of sp³-hybridized carbons (Fsp3) is 1.00. The van der Waals surface area contributed by atoms with E-state index in [-0.39, 0.29) is 0 Å². The van der Waals surface area contributed by atoms with E-state index in [2.05, 4.69) is 19.2 Å². The van der Waals surface area contributed by atoms with E-state index in [1.807, 2.05) is 0 Å². The first-order chi connectivity index (χ1) is 13.4. The average Bonchev–Trinajstić information content (AvgIpc) is 2.68. The average molecular weight is 386 g/mol. The van der Waals surface area contributed by atoms with Gasteiger partial charge < -0.3 is 14.8 Å². The normalized spacial score (nSPS) is 11.3. The molecular weight excluding hydrogens is 334 g/mol. The lowest BCUT2D eigenvalue weighted by atomic mass is 10.1. The molecule has 0 aliphatic carbocycles. The van der Waals surface area contributed by atoms with Gasteiger partial charge >= 0.3 is 0 Å². The fourth-order valence-corrected chi connectivity index (χ4v) is 3.44. The Labute approximate surface area is 171 Å². The molecular formula is C24H51NO2. The van der Waals surface area contributed by atoms with Crippen LogP contribution in [0, 0.1) is 0 Å². The lowest BCUT2D eigenvalue weighted by molar-refractivity contribution is 0.142. The summed E-state index contributed by atoms with van der Waals surface area (Å²) in [4.78, 5) is 0. The van der Waals surface area contributed by atoms with Crippen molar-refractivity contribution >= 4 is 0 Å². The molecule has 0 saturated carbocycles. The van der Waals surface area contributed by atoms with Gasteiger partial charge in [-0.25, -0.2) is 0 Å². The third-order valence-electron chi connectivity index (χ3n) is 5.19. The quantitative estimate of drug-likeness (QED) is 0.183. The van der Waals surface area contributed by atoms with Gasteiger partial charge in [-0.05, 0) is 52.6 Å². The summed E-state index contributed by atoms with van der Waals surface area (Å²) >= 11 is 0. The highest BCUT2D eigenvalue weighted by Crippen LogP contribution is 2.10. The van der Waals surface area contributed by atoms with Gasteiger partial charge in [0.25, 0.3) is 0 Å². The van der Waals surface area contributed by atoms with Crippen LogP contribution in [-0.2, 0) is 9.47 Å². The number of ether oxygens (including phenoxy) is 2. The SMILES string of the molecule is CCOCCCCCCCCCCCCNCCCCCCCCOCC. The second-order valence-corrected chi connectivity index (χ2v) is 7.80. The van der Waals surface area contributed by atoms with Crippen molar-refractivity contribution in [2.45, 2.75) is 117 Å². The molecule has 0 fully saturated rings. The second kappa shape index (κ2) is 25.9. The summed E-state index contributed by atoms with van der Waals surface area (Å²) in [7, 11) is 0. The summed E-state index contributed by atoms with van der Waals surface area (Å²) in [5.41, 5.74) is 0. The molecule has 0 aromatic carbocycles. The Balaban J connectivity index is 2.95. The summed E-state index contributed by atoms with van der Waals surface area (Å²) in [5, 5.41) is 3.61. The van der Waals surface area contributed by atoms with Crippen molar-refractivity contribution in [3.05, 3.63) is 0 Å². The van der Waals surface area contributed by atoms with Crippen molar-refractivity contribution in [2.75, 3.05) is 39.5 Å². The number of unbranched alkanes of at least 4 members (excludes halogenated alkanes) is 14. The Hall–Kier alpha value is -0.120. The molecule has 164 valence electrons. The summed E-state index contributed by atoms with van der Waals surface area (Å²) < 4.78 is 10.7. The molecule has 0 bridgehead atoms. The fourth-order valence-electron chi connectivity index (χ4n) is 3.44. The molecule has 3 nitrogen and oxygen atoms in total. The minimum Gasteiger partial charge on any atom is -0.382 e. The Bertz CT molecular complexity index is 225. The van der Waals surface area contributed by atoms with Crippen molar-refractivity contribution in [2.24, 2.45) is 0 Å². The lowest BCUT2D eigenvalue weighted by Crippen LogP contribution is -2.16. The monoisotopic (exact) mass is 385 g/mol. The van der Waals surface area contributed by atoms with Crippen LogP contribution < -0.4 is 5.32 Å². The van der Waals surface area contributed by atoms with Crippen LogP contribution >= 0.6 is 0 Å². The highest BCUT2D eigenvalue weighted by Gasteiger charge is 1.95. The van der Waals surface area contributed by atoms with Gasteiger partial charge in [-0.1, -0.05) is 77.0 Å². The number of hydrogen-bond donors (Lipinski definition) is 1. The zero-order valence-corrected chi connectivity index (χ0v) is 18.9. The minimum atomic E-state index is 0.863. The van der Waals surface area contributed by atoms with E-state index < -0.39 is 0 Å². The maximum absolute atomic E-state index is 5.37. The maximum Gasteiger partial charge on any atom is 0.0465 e. The van der Waals surface area contributed by atoms with E-state index in [1.165, 1.54) is 116 Å². The van der Waals surface area contributed by atoms with Crippen LogP contribution in [0.15, 0.2) is 0 Å². The van der Waals surface area contributed by atoms with E-state index >= 15 is 0 Å². The molecule has 0 spiro atoms. The number of nitrogens with one attached hydrogen (secondary N) is 1. The van der Waals surface area contributed by atoms with Crippen molar-refractivity contribution in [1.29, 1.82) is 0 Å². The zero-order chi connectivity index (χ0) is 19.7. The molecule has 0 rings (SSSR count). The third-order valence-corrected chi connectivity index (χ3v) is 5.19.